The second kappa shape index (κ2) is 3.87. The molecular weight excluding hydrogens is 217 g/mol. The summed E-state index contributed by atoms with van der Waals surface area (Å²) in [5.74, 6) is 0.609. The Labute approximate surface area is 100 Å². The third kappa shape index (κ3) is 2.16. The van der Waals surface area contributed by atoms with E-state index in [9.17, 15) is 4.39 Å². The van der Waals surface area contributed by atoms with Crippen molar-refractivity contribution in [2.24, 2.45) is 7.05 Å². The molecule has 90 valence electrons. The van der Waals surface area contributed by atoms with Gasteiger partial charge < -0.3 is 5.73 Å². The first-order chi connectivity index (χ1) is 7.89. The van der Waals surface area contributed by atoms with Crippen molar-refractivity contribution in [3.63, 3.8) is 0 Å². The molecule has 2 rings (SSSR count). The summed E-state index contributed by atoms with van der Waals surface area (Å²) in [6.07, 6.45) is 1.71. The molecule has 4 heteroatoms. The van der Waals surface area contributed by atoms with Gasteiger partial charge in [-0.1, -0.05) is 24.3 Å². The lowest BCUT2D eigenvalue weighted by atomic mass is 9.97. The highest BCUT2D eigenvalue weighted by Crippen LogP contribution is 2.29. The third-order valence-corrected chi connectivity index (χ3v) is 2.87. The molecule has 0 radical (unpaired) electrons. The molecule has 0 fully saturated rings. The van der Waals surface area contributed by atoms with E-state index in [2.05, 4.69) is 5.10 Å². The molecule has 1 aromatic carbocycles. The lowest BCUT2D eigenvalue weighted by Gasteiger charge is -2.14. The van der Waals surface area contributed by atoms with E-state index >= 15 is 0 Å². The zero-order valence-electron chi connectivity index (χ0n) is 10.2. The molecule has 0 aliphatic rings. The molecule has 0 bridgehead atoms. The van der Waals surface area contributed by atoms with Crippen molar-refractivity contribution < 1.29 is 4.39 Å². The summed E-state index contributed by atoms with van der Waals surface area (Å²) in [7, 11) is 1.79. The Morgan fingerprint density at radius 2 is 1.82 bits per heavy atom. The van der Waals surface area contributed by atoms with Crippen LogP contribution >= 0.6 is 0 Å². The molecule has 17 heavy (non-hydrogen) atoms. The predicted octanol–water partition coefficient (Wildman–Crippen LogP) is 2.87. The van der Waals surface area contributed by atoms with Crippen LogP contribution in [0.5, 0.6) is 0 Å². The van der Waals surface area contributed by atoms with Crippen molar-refractivity contribution in [1.82, 2.24) is 9.78 Å². The average molecular weight is 233 g/mol. The van der Waals surface area contributed by atoms with Gasteiger partial charge in [-0.05, 0) is 25.0 Å². The normalized spacial score (nSPS) is 11.8. The molecule has 0 aliphatic heterocycles. The van der Waals surface area contributed by atoms with Crippen LogP contribution in [0.1, 0.15) is 19.4 Å². The number of aromatic nitrogens is 2. The van der Waals surface area contributed by atoms with Crippen LogP contribution in [0.4, 0.5) is 10.2 Å². The van der Waals surface area contributed by atoms with Crippen molar-refractivity contribution in [1.29, 1.82) is 0 Å². The van der Waals surface area contributed by atoms with Crippen molar-refractivity contribution in [2.75, 3.05) is 5.73 Å². The van der Waals surface area contributed by atoms with E-state index in [4.69, 9.17) is 5.73 Å². The van der Waals surface area contributed by atoms with Crippen molar-refractivity contribution in [3.8, 4) is 11.1 Å². The number of nitrogens with zero attached hydrogens (tertiary/aromatic N) is 2. The molecule has 0 saturated heterocycles. The second-order valence-corrected chi connectivity index (χ2v) is 4.62. The zero-order valence-corrected chi connectivity index (χ0v) is 10.2. The van der Waals surface area contributed by atoms with Crippen LogP contribution in [0.2, 0.25) is 0 Å². The lowest BCUT2D eigenvalue weighted by molar-refractivity contribution is 0.221. The largest absolute Gasteiger partial charge is 0.383 e. The molecule has 1 aromatic heterocycles. The molecular formula is C13H16FN3. The fourth-order valence-corrected chi connectivity index (χ4v) is 1.72. The van der Waals surface area contributed by atoms with E-state index in [1.54, 1.807) is 43.9 Å². The van der Waals surface area contributed by atoms with E-state index in [1.807, 2.05) is 12.1 Å². The van der Waals surface area contributed by atoms with E-state index in [-0.39, 0.29) is 0 Å². The molecule has 0 saturated carbocycles. The van der Waals surface area contributed by atoms with Gasteiger partial charge in [0, 0.05) is 12.6 Å². The quantitative estimate of drug-likeness (QED) is 0.866. The average Bonchev–Trinajstić information content (AvgIpc) is 2.59. The number of nitrogens with two attached hydrogens (primary N) is 1. The summed E-state index contributed by atoms with van der Waals surface area (Å²) >= 11 is 0. The van der Waals surface area contributed by atoms with Gasteiger partial charge in [0.15, 0.2) is 0 Å². The Balaban J connectivity index is 2.40. The van der Waals surface area contributed by atoms with Crippen LogP contribution < -0.4 is 5.73 Å². The standard InChI is InChI=1S/C13H16FN3/c1-13(2,14)10-6-4-9(5-7-10)11-8-16-17(3)12(11)15/h4-8H,15H2,1-3H3. The minimum atomic E-state index is -1.32. The maximum Gasteiger partial charge on any atom is 0.130 e. The molecule has 0 spiro atoms. The summed E-state index contributed by atoms with van der Waals surface area (Å²) in [5.41, 5.74) is 7.04. The summed E-state index contributed by atoms with van der Waals surface area (Å²) in [4.78, 5) is 0. The second-order valence-electron chi connectivity index (χ2n) is 4.62. The van der Waals surface area contributed by atoms with Crippen LogP contribution in [-0.4, -0.2) is 9.78 Å². The van der Waals surface area contributed by atoms with Gasteiger partial charge in [0.25, 0.3) is 0 Å². The summed E-state index contributed by atoms with van der Waals surface area (Å²) in [6.45, 7) is 3.08. The van der Waals surface area contributed by atoms with Crippen LogP contribution in [-0.2, 0) is 12.7 Å². The van der Waals surface area contributed by atoms with Gasteiger partial charge in [-0.25, -0.2) is 4.39 Å². The van der Waals surface area contributed by atoms with Crippen LogP contribution in [0, 0.1) is 0 Å². The van der Waals surface area contributed by atoms with Gasteiger partial charge in [-0.15, -0.1) is 0 Å². The number of hydrogen-bond acceptors (Lipinski definition) is 2. The Bertz CT molecular complexity index is 521. The van der Waals surface area contributed by atoms with Gasteiger partial charge in [0.05, 0.1) is 6.20 Å². The lowest BCUT2D eigenvalue weighted by Crippen LogP contribution is -2.08. The van der Waals surface area contributed by atoms with E-state index in [0.29, 0.717) is 11.4 Å². The summed E-state index contributed by atoms with van der Waals surface area (Å²) in [6, 6.07) is 7.29. The van der Waals surface area contributed by atoms with Gasteiger partial charge in [0.1, 0.15) is 11.5 Å². The van der Waals surface area contributed by atoms with Crippen LogP contribution in [0.15, 0.2) is 30.5 Å². The van der Waals surface area contributed by atoms with Gasteiger partial charge >= 0.3 is 0 Å². The Hall–Kier alpha value is -1.84. The van der Waals surface area contributed by atoms with Crippen molar-refractivity contribution >= 4 is 5.82 Å². The molecule has 2 aromatic rings. The van der Waals surface area contributed by atoms with E-state index in [1.165, 1.54) is 0 Å². The first-order valence-electron chi connectivity index (χ1n) is 5.47. The zero-order chi connectivity index (χ0) is 12.6. The summed E-state index contributed by atoms with van der Waals surface area (Å²) < 4.78 is 15.3. The highest BCUT2D eigenvalue weighted by molar-refractivity contribution is 5.73. The van der Waals surface area contributed by atoms with Crippen molar-refractivity contribution in [3.05, 3.63) is 36.0 Å². The highest BCUT2D eigenvalue weighted by atomic mass is 19.1. The number of halogens is 1. The predicted molar refractivity (Wildman–Crippen MR) is 67.2 cm³/mol. The molecule has 0 atom stereocenters. The first-order valence-corrected chi connectivity index (χ1v) is 5.47. The van der Waals surface area contributed by atoms with Gasteiger partial charge in [-0.2, -0.15) is 5.10 Å². The third-order valence-electron chi connectivity index (χ3n) is 2.87. The smallest absolute Gasteiger partial charge is 0.130 e. The number of benzene rings is 1. The van der Waals surface area contributed by atoms with Gasteiger partial charge in [-0.3, -0.25) is 4.68 Å². The monoisotopic (exact) mass is 233 g/mol. The maximum atomic E-state index is 13.7. The number of aryl methyl sites for hydroxylation is 1. The fourth-order valence-electron chi connectivity index (χ4n) is 1.72. The van der Waals surface area contributed by atoms with Crippen LogP contribution in [0.25, 0.3) is 11.1 Å². The van der Waals surface area contributed by atoms with E-state index in [0.717, 1.165) is 11.1 Å². The molecule has 1 heterocycles. The molecule has 3 nitrogen and oxygen atoms in total. The molecule has 0 aliphatic carbocycles. The number of anilines is 1. The number of nitrogen functional groups attached to an aromatic ring is 1. The Morgan fingerprint density at radius 1 is 1.24 bits per heavy atom. The number of hydrogen-bond donors (Lipinski definition) is 1. The highest BCUT2D eigenvalue weighted by Gasteiger charge is 2.18. The minimum Gasteiger partial charge on any atom is -0.383 e. The SMILES string of the molecule is Cn1ncc(-c2ccc(C(C)(C)F)cc2)c1N. The molecule has 0 unspecified atom stereocenters. The van der Waals surface area contributed by atoms with Gasteiger partial charge in [0.2, 0.25) is 0 Å². The topological polar surface area (TPSA) is 43.8 Å². The summed E-state index contributed by atoms with van der Waals surface area (Å²) in [5, 5.41) is 4.08. The number of alkyl halides is 1. The first kappa shape index (κ1) is 11.6. The Morgan fingerprint density at radius 3 is 2.24 bits per heavy atom. The fraction of sp³-hybridized carbons (Fsp3) is 0.308. The van der Waals surface area contributed by atoms with Crippen LogP contribution in [0.3, 0.4) is 0 Å². The van der Waals surface area contributed by atoms with Crippen molar-refractivity contribution in [2.45, 2.75) is 19.5 Å². The number of rotatable bonds is 2. The van der Waals surface area contributed by atoms with E-state index < -0.39 is 5.67 Å². The Kier molecular flexibility index (Phi) is 2.65. The minimum absolute atomic E-state index is 0.609. The maximum absolute atomic E-state index is 13.7. The molecule has 2 N–H and O–H groups in total. The molecule has 0 amide bonds.